The standard InChI is InChI=1S/C22H24N4O2/c1-16-10-13-25(14-11-17-7-3-2-4-8-17)22(28)20(16)21(27)24-19-15-23-18-9-5-6-12-26(18)19/h2-4,7-8,10,13,15H,5-6,9,11-12,14H2,1H3,(H,24,27). The van der Waals surface area contributed by atoms with Crippen LogP contribution in [0.3, 0.4) is 0 Å². The molecule has 0 saturated heterocycles. The summed E-state index contributed by atoms with van der Waals surface area (Å²) in [5.41, 5.74) is 1.78. The number of imidazole rings is 1. The molecule has 1 aromatic carbocycles. The molecule has 6 heteroatoms. The van der Waals surface area contributed by atoms with Crippen LogP contribution in [0.15, 0.2) is 53.6 Å². The summed E-state index contributed by atoms with van der Waals surface area (Å²) >= 11 is 0. The number of anilines is 1. The van der Waals surface area contributed by atoms with Crippen LogP contribution in [0.2, 0.25) is 0 Å². The zero-order chi connectivity index (χ0) is 19.5. The molecule has 28 heavy (non-hydrogen) atoms. The number of aromatic nitrogens is 3. The molecule has 0 spiro atoms. The maximum absolute atomic E-state index is 12.9. The van der Waals surface area contributed by atoms with E-state index in [1.807, 2.05) is 41.0 Å². The Morgan fingerprint density at radius 2 is 2.00 bits per heavy atom. The number of fused-ring (bicyclic) bond motifs is 1. The van der Waals surface area contributed by atoms with E-state index in [0.29, 0.717) is 17.9 Å². The molecule has 0 atom stereocenters. The molecule has 2 aromatic heterocycles. The first kappa shape index (κ1) is 18.2. The second-order valence-electron chi connectivity index (χ2n) is 7.23. The summed E-state index contributed by atoms with van der Waals surface area (Å²) < 4.78 is 3.65. The van der Waals surface area contributed by atoms with E-state index in [1.165, 1.54) is 0 Å². The van der Waals surface area contributed by atoms with Gasteiger partial charge in [0.2, 0.25) is 0 Å². The Bertz CT molecular complexity index is 1050. The summed E-state index contributed by atoms with van der Waals surface area (Å²) in [7, 11) is 0. The van der Waals surface area contributed by atoms with Gasteiger partial charge in [-0.25, -0.2) is 4.98 Å². The fourth-order valence-corrected chi connectivity index (χ4v) is 3.71. The Kier molecular flexibility index (Phi) is 5.10. The molecule has 6 nitrogen and oxygen atoms in total. The lowest BCUT2D eigenvalue weighted by Gasteiger charge is -2.17. The van der Waals surface area contributed by atoms with E-state index in [9.17, 15) is 9.59 Å². The highest BCUT2D eigenvalue weighted by molar-refractivity contribution is 6.04. The molecule has 4 rings (SSSR count). The lowest BCUT2D eigenvalue weighted by molar-refractivity contribution is 0.102. The minimum Gasteiger partial charge on any atom is -0.315 e. The molecule has 0 radical (unpaired) electrons. The first-order chi connectivity index (χ1) is 13.6. The number of benzene rings is 1. The molecule has 0 unspecified atom stereocenters. The maximum atomic E-state index is 12.9. The molecule has 1 amide bonds. The van der Waals surface area contributed by atoms with Crippen LogP contribution in [0.5, 0.6) is 0 Å². The van der Waals surface area contributed by atoms with Gasteiger partial charge in [0.25, 0.3) is 11.5 Å². The third-order valence-electron chi connectivity index (χ3n) is 5.30. The molecule has 0 aliphatic carbocycles. The Morgan fingerprint density at radius 1 is 1.18 bits per heavy atom. The fraction of sp³-hybridized carbons (Fsp3) is 0.318. The molecule has 3 aromatic rings. The highest BCUT2D eigenvalue weighted by Crippen LogP contribution is 2.20. The van der Waals surface area contributed by atoms with Gasteiger partial charge in [0, 0.05) is 25.7 Å². The SMILES string of the molecule is Cc1ccn(CCc2ccccc2)c(=O)c1C(=O)Nc1cnc2n1CCCC2. The number of hydrogen-bond acceptors (Lipinski definition) is 3. The van der Waals surface area contributed by atoms with Crippen molar-refractivity contribution in [3.05, 3.63) is 81.7 Å². The summed E-state index contributed by atoms with van der Waals surface area (Å²) in [6.07, 6.45) is 7.30. The molecule has 0 fully saturated rings. The van der Waals surface area contributed by atoms with Gasteiger partial charge in [-0.05, 0) is 43.4 Å². The second kappa shape index (κ2) is 7.84. The van der Waals surface area contributed by atoms with Crippen LogP contribution in [-0.2, 0) is 25.9 Å². The number of hydrogen-bond donors (Lipinski definition) is 1. The lowest BCUT2D eigenvalue weighted by atomic mass is 10.1. The van der Waals surface area contributed by atoms with Crippen LogP contribution in [0.4, 0.5) is 5.82 Å². The van der Waals surface area contributed by atoms with Gasteiger partial charge in [0.1, 0.15) is 17.2 Å². The minimum atomic E-state index is -0.371. The zero-order valence-corrected chi connectivity index (χ0v) is 16.0. The van der Waals surface area contributed by atoms with Crippen LogP contribution in [0.1, 0.15) is 40.2 Å². The topological polar surface area (TPSA) is 68.9 Å². The minimum absolute atomic E-state index is 0.196. The highest BCUT2D eigenvalue weighted by atomic mass is 16.2. The molecule has 0 saturated carbocycles. The van der Waals surface area contributed by atoms with E-state index in [4.69, 9.17) is 0 Å². The average Bonchev–Trinajstić information content (AvgIpc) is 3.11. The smallest absolute Gasteiger partial charge is 0.263 e. The van der Waals surface area contributed by atoms with Crippen molar-refractivity contribution in [2.24, 2.45) is 0 Å². The number of carbonyl (C=O) groups is 1. The Hall–Kier alpha value is -3.15. The van der Waals surface area contributed by atoms with Crippen molar-refractivity contribution < 1.29 is 4.79 Å². The van der Waals surface area contributed by atoms with Gasteiger partial charge >= 0.3 is 0 Å². The van der Waals surface area contributed by atoms with Crippen LogP contribution in [-0.4, -0.2) is 20.0 Å². The number of pyridine rings is 1. The van der Waals surface area contributed by atoms with Crippen molar-refractivity contribution in [3.63, 3.8) is 0 Å². The number of carbonyl (C=O) groups excluding carboxylic acids is 1. The van der Waals surface area contributed by atoms with Gasteiger partial charge in [-0.1, -0.05) is 30.3 Å². The fourth-order valence-electron chi connectivity index (χ4n) is 3.71. The summed E-state index contributed by atoms with van der Waals surface area (Å²) in [5.74, 6) is 1.29. The van der Waals surface area contributed by atoms with Crippen LogP contribution in [0.25, 0.3) is 0 Å². The molecule has 1 N–H and O–H groups in total. The maximum Gasteiger partial charge on any atom is 0.263 e. The van der Waals surface area contributed by atoms with Gasteiger partial charge in [-0.2, -0.15) is 0 Å². The summed E-state index contributed by atoms with van der Waals surface area (Å²) in [6.45, 7) is 3.18. The van der Waals surface area contributed by atoms with Gasteiger partial charge in [-0.15, -0.1) is 0 Å². The van der Waals surface area contributed by atoms with Crippen LogP contribution >= 0.6 is 0 Å². The summed E-state index contributed by atoms with van der Waals surface area (Å²) in [6, 6.07) is 11.8. The van der Waals surface area contributed by atoms with Crippen molar-refractivity contribution in [2.75, 3.05) is 5.32 Å². The monoisotopic (exact) mass is 376 g/mol. The first-order valence-electron chi connectivity index (χ1n) is 9.73. The van der Waals surface area contributed by atoms with Gasteiger partial charge < -0.3 is 14.5 Å². The normalized spacial score (nSPS) is 13.2. The summed E-state index contributed by atoms with van der Waals surface area (Å²) in [5, 5.41) is 2.90. The molecular formula is C22H24N4O2. The van der Waals surface area contributed by atoms with E-state index in [0.717, 1.165) is 43.6 Å². The number of rotatable bonds is 5. The average molecular weight is 376 g/mol. The number of nitrogens with zero attached hydrogens (tertiary/aromatic N) is 3. The van der Waals surface area contributed by atoms with E-state index in [2.05, 4.69) is 10.3 Å². The zero-order valence-electron chi connectivity index (χ0n) is 16.0. The lowest BCUT2D eigenvalue weighted by Crippen LogP contribution is -2.31. The quantitative estimate of drug-likeness (QED) is 0.744. The molecular weight excluding hydrogens is 352 g/mol. The van der Waals surface area contributed by atoms with Crippen molar-refractivity contribution in [1.29, 1.82) is 0 Å². The number of amides is 1. The van der Waals surface area contributed by atoms with Gasteiger partial charge in [0.15, 0.2) is 0 Å². The van der Waals surface area contributed by atoms with E-state index >= 15 is 0 Å². The van der Waals surface area contributed by atoms with E-state index < -0.39 is 0 Å². The van der Waals surface area contributed by atoms with Crippen molar-refractivity contribution >= 4 is 11.7 Å². The van der Waals surface area contributed by atoms with Crippen molar-refractivity contribution in [1.82, 2.24) is 14.1 Å². The van der Waals surface area contributed by atoms with E-state index in [-0.39, 0.29) is 17.0 Å². The largest absolute Gasteiger partial charge is 0.315 e. The molecule has 144 valence electrons. The van der Waals surface area contributed by atoms with Crippen molar-refractivity contribution in [2.45, 2.75) is 45.7 Å². The van der Waals surface area contributed by atoms with Gasteiger partial charge in [-0.3, -0.25) is 9.59 Å². The summed E-state index contributed by atoms with van der Waals surface area (Å²) in [4.78, 5) is 30.2. The van der Waals surface area contributed by atoms with Crippen molar-refractivity contribution in [3.8, 4) is 0 Å². The third kappa shape index (κ3) is 3.63. The highest BCUT2D eigenvalue weighted by Gasteiger charge is 2.20. The van der Waals surface area contributed by atoms with Crippen LogP contribution < -0.4 is 10.9 Å². The second-order valence-corrected chi connectivity index (χ2v) is 7.23. The predicted octanol–water partition coefficient (Wildman–Crippen LogP) is 3.18. The molecule has 1 aliphatic heterocycles. The molecule has 1 aliphatic rings. The van der Waals surface area contributed by atoms with Crippen LogP contribution in [0, 0.1) is 6.92 Å². The Balaban J connectivity index is 1.56. The third-order valence-corrected chi connectivity index (χ3v) is 5.30. The Labute approximate surface area is 163 Å². The van der Waals surface area contributed by atoms with Gasteiger partial charge in [0.05, 0.1) is 6.20 Å². The Morgan fingerprint density at radius 3 is 2.82 bits per heavy atom. The predicted molar refractivity (Wildman–Crippen MR) is 109 cm³/mol. The molecule has 0 bridgehead atoms. The van der Waals surface area contributed by atoms with E-state index in [1.54, 1.807) is 23.9 Å². The molecule has 3 heterocycles. The number of nitrogens with one attached hydrogen (secondary N) is 1. The first-order valence-corrected chi connectivity index (χ1v) is 9.73. The number of aryl methyl sites for hydroxylation is 4.